The molecule has 4 rings (SSSR count). The molecule has 1 aliphatic rings. The van der Waals surface area contributed by atoms with Gasteiger partial charge in [0.15, 0.2) is 0 Å². The second-order valence-electron chi connectivity index (χ2n) is 7.57. The molecule has 1 heterocycles. The first kappa shape index (κ1) is 19.8. The summed E-state index contributed by atoms with van der Waals surface area (Å²) in [5, 5.41) is 5.93. The van der Waals surface area contributed by atoms with Gasteiger partial charge in [0.05, 0.1) is 5.92 Å². The highest BCUT2D eigenvalue weighted by Gasteiger charge is 2.25. The van der Waals surface area contributed by atoms with Crippen molar-refractivity contribution in [2.24, 2.45) is 0 Å². The van der Waals surface area contributed by atoms with Crippen LogP contribution in [0.5, 0.6) is 0 Å². The molecule has 30 heavy (non-hydrogen) atoms. The molecule has 0 spiro atoms. The van der Waals surface area contributed by atoms with Crippen LogP contribution in [0.25, 0.3) is 0 Å². The third-order valence-electron chi connectivity index (χ3n) is 5.55. The summed E-state index contributed by atoms with van der Waals surface area (Å²) < 4.78 is 0. The zero-order chi connectivity index (χ0) is 20.8. The van der Waals surface area contributed by atoms with Gasteiger partial charge >= 0.3 is 0 Å². The van der Waals surface area contributed by atoms with Gasteiger partial charge in [-0.2, -0.15) is 0 Å². The summed E-state index contributed by atoms with van der Waals surface area (Å²) in [6.45, 7) is 0.583. The van der Waals surface area contributed by atoms with Gasteiger partial charge in [0.2, 0.25) is 5.91 Å². The molecular formula is C25H25N3O2. The van der Waals surface area contributed by atoms with Gasteiger partial charge in [0, 0.05) is 30.2 Å². The molecule has 2 N–H and O–H groups in total. The first-order valence-electron chi connectivity index (χ1n) is 10.4. The Morgan fingerprint density at radius 3 is 2.53 bits per heavy atom. The number of rotatable bonds is 6. The lowest BCUT2D eigenvalue weighted by atomic mass is 9.82. The fourth-order valence-corrected chi connectivity index (χ4v) is 3.94. The number of amides is 2. The lowest BCUT2D eigenvalue weighted by Gasteiger charge is -2.24. The van der Waals surface area contributed by atoms with Crippen LogP contribution in [-0.4, -0.2) is 23.3 Å². The SMILES string of the molecule is O=C(Nc1ccncc1)c1ccc(CCNC(=O)C2CCCc3ccccc32)cc1. The summed E-state index contributed by atoms with van der Waals surface area (Å²) in [4.78, 5) is 29.0. The van der Waals surface area contributed by atoms with Crippen LogP contribution < -0.4 is 10.6 Å². The van der Waals surface area contributed by atoms with Crippen molar-refractivity contribution < 1.29 is 9.59 Å². The molecule has 5 heteroatoms. The molecule has 0 radical (unpaired) electrons. The number of fused-ring (bicyclic) bond motifs is 1. The number of aryl methyl sites for hydroxylation is 1. The molecule has 1 unspecified atom stereocenters. The minimum atomic E-state index is -0.156. The van der Waals surface area contributed by atoms with Crippen LogP contribution in [0.3, 0.4) is 0 Å². The second-order valence-corrected chi connectivity index (χ2v) is 7.57. The molecule has 1 aliphatic carbocycles. The maximum atomic E-state index is 12.7. The van der Waals surface area contributed by atoms with E-state index in [-0.39, 0.29) is 17.7 Å². The van der Waals surface area contributed by atoms with E-state index in [1.165, 1.54) is 11.1 Å². The molecule has 2 amide bonds. The van der Waals surface area contributed by atoms with Gasteiger partial charge in [-0.25, -0.2) is 0 Å². The van der Waals surface area contributed by atoms with Crippen molar-refractivity contribution in [1.29, 1.82) is 0 Å². The zero-order valence-corrected chi connectivity index (χ0v) is 16.8. The summed E-state index contributed by atoms with van der Waals surface area (Å²) in [5.41, 5.74) is 4.86. The number of nitrogens with zero attached hydrogens (tertiary/aromatic N) is 1. The maximum absolute atomic E-state index is 12.7. The Kier molecular flexibility index (Phi) is 6.18. The van der Waals surface area contributed by atoms with Crippen LogP contribution in [0, 0.1) is 0 Å². The Bertz CT molecular complexity index is 1020. The van der Waals surface area contributed by atoms with Crippen LogP contribution in [0.2, 0.25) is 0 Å². The highest BCUT2D eigenvalue weighted by molar-refractivity contribution is 6.04. The van der Waals surface area contributed by atoms with Crippen molar-refractivity contribution in [3.8, 4) is 0 Å². The molecule has 0 fully saturated rings. The molecule has 5 nitrogen and oxygen atoms in total. The number of hydrogen-bond donors (Lipinski definition) is 2. The van der Waals surface area contributed by atoms with Crippen LogP contribution in [-0.2, 0) is 17.6 Å². The fraction of sp³-hybridized carbons (Fsp3) is 0.240. The standard InChI is InChI=1S/C25H25N3O2/c29-24(28-21-13-15-26-16-14-21)20-10-8-18(9-11-20)12-17-27-25(30)23-7-3-5-19-4-1-2-6-22(19)23/h1-2,4,6,8-11,13-16,23H,3,5,7,12,17H2,(H,27,30)(H,26,28,29). The molecule has 0 saturated carbocycles. The van der Waals surface area contributed by atoms with E-state index in [2.05, 4.69) is 27.8 Å². The summed E-state index contributed by atoms with van der Waals surface area (Å²) in [6, 6.07) is 19.2. The first-order valence-corrected chi connectivity index (χ1v) is 10.4. The highest BCUT2D eigenvalue weighted by Crippen LogP contribution is 2.31. The lowest BCUT2D eigenvalue weighted by Crippen LogP contribution is -2.32. The summed E-state index contributed by atoms with van der Waals surface area (Å²) in [7, 11) is 0. The molecule has 152 valence electrons. The Labute approximate surface area is 176 Å². The quantitative estimate of drug-likeness (QED) is 0.655. The fourth-order valence-electron chi connectivity index (χ4n) is 3.94. The van der Waals surface area contributed by atoms with E-state index in [1.54, 1.807) is 24.5 Å². The molecule has 0 bridgehead atoms. The van der Waals surface area contributed by atoms with Crippen molar-refractivity contribution in [3.05, 3.63) is 95.3 Å². The summed E-state index contributed by atoms with van der Waals surface area (Å²) in [5.74, 6) is -0.0956. The average Bonchev–Trinajstić information content (AvgIpc) is 2.79. The third kappa shape index (κ3) is 4.74. The van der Waals surface area contributed by atoms with Crippen molar-refractivity contribution in [2.75, 3.05) is 11.9 Å². The van der Waals surface area contributed by atoms with Gasteiger partial charge in [-0.15, -0.1) is 0 Å². The van der Waals surface area contributed by atoms with Gasteiger partial charge < -0.3 is 10.6 Å². The zero-order valence-electron chi connectivity index (χ0n) is 16.8. The van der Waals surface area contributed by atoms with Crippen molar-refractivity contribution in [3.63, 3.8) is 0 Å². The number of nitrogens with one attached hydrogen (secondary N) is 2. The normalized spacial score (nSPS) is 15.1. The molecular weight excluding hydrogens is 374 g/mol. The predicted octanol–water partition coefficient (Wildman–Crippen LogP) is 4.11. The highest BCUT2D eigenvalue weighted by atomic mass is 16.2. The van der Waals surface area contributed by atoms with E-state index in [4.69, 9.17) is 0 Å². The number of carbonyl (C=O) groups is 2. The average molecular weight is 399 g/mol. The Morgan fingerprint density at radius 1 is 0.967 bits per heavy atom. The van der Waals surface area contributed by atoms with E-state index in [1.807, 2.05) is 36.4 Å². The van der Waals surface area contributed by atoms with Crippen LogP contribution >= 0.6 is 0 Å². The predicted molar refractivity (Wildman–Crippen MR) is 117 cm³/mol. The molecule has 1 atom stereocenters. The molecule has 1 aromatic heterocycles. The van der Waals surface area contributed by atoms with Crippen LogP contribution in [0.15, 0.2) is 73.1 Å². The molecule has 2 aromatic carbocycles. The summed E-state index contributed by atoms with van der Waals surface area (Å²) >= 11 is 0. The van der Waals surface area contributed by atoms with E-state index in [0.717, 1.165) is 31.2 Å². The van der Waals surface area contributed by atoms with Gasteiger partial charge in [-0.1, -0.05) is 36.4 Å². The minimum absolute atomic E-state index is 0.0470. The first-order chi connectivity index (χ1) is 14.7. The van der Waals surface area contributed by atoms with E-state index >= 15 is 0 Å². The Morgan fingerprint density at radius 2 is 1.73 bits per heavy atom. The van der Waals surface area contributed by atoms with E-state index in [0.29, 0.717) is 17.8 Å². The van der Waals surface area contributed by atoms with Crippen molar-refractivity contribution in [1.82, 2.24) is 10.3 Å². The smallest absolute Gasteiger partial charge is 0.255 e. The maximum Gasteiger partial charge on any atom is 0.255 e. The largest absolute Gasteiger partial charge is 0.355 e. The number of carbonyl (C=O) groups excluding carboxylic acids is 2. The third-order valence-corrected chi connectivity index (χ3v) is 5.55. The molecule has 3 aromatic rings. The lowest BCUT2D eigenvalue weighted by molar-refractivity contribution is -0.122. The monoisotopic (exact) mass is 399 g/mol. The second kappa shape index (κ2) is 9.35. The van der Waals surface area contributed by atoms with Gasteiger partial charge in [-0.05, 0) is 66.6 Å². The Hall–Kier alpha value is -3.47. The number of benzene rings is 2. The van der Waals surface area contributed by atoms with Crippen LogP contribution in [0.1, 0.15) is 45.8 Å². The molecule has 0 aliphatic heterocycles. The summed E-state index contributed by atoms with van der Waals surface area (Å²) in [6.07, 6.45) is 7.02. The van der Waals surface area contributed by atoms with Crippen LogP contribution in [0.4, 0.5) is 5.69 Å². The Balaban J connectivity index is 1.29. The minimum Gasteiger partial charge on any atom is -0.355 e. The number of pyridine rings is 1. The van der Waals surface area contributed by atoms with E-state index < -0.39 is 0 Å². The topological polar surface area (TPSA) is 71.1 Å². The van der Waals surface area contributed by atoms with Gasteiger partial charge in [0.25, 0.3) is 5.91 Å². The van der Waals surface area contributed by atoms with E-state index in [9.17, 15) is 9.59 Å². The van der Waals surface area contributed by atoms with Gasteiger partial charge in [-0.3, -0.25) is 14.6 Å². The van der Waals surface area contributed by atoms with Crippen molar-refractivity contribution >= 4 is 17.5 Å². The van der Waals surface area contributed by atoms with Crippen molar-refractivity contribution in [2.45, 2.75) is 31.6 Å². The van der Waals surface area contributed by atoms with Gasteiger partial charge in [0.1, 0.15) is 0 Å². The number of anilines is 1. The molecule has 0 saturated heterocycles. The number of hydrogen-bond acceptors (Lipinski definition) is 3. The number of aromatic nitrogens is 1.